The van der Waals surface area contributed by atoms with Gasteiger partial charge in [0.1, 0.15) is 0 Å². The van der Waals surface area contributed by atoms with Crippen LogP contribution in [0.4, 0.5) is 0 Å². The van der Waals surface area contributed by atoms with E-state index < -0.39 is 18.0 Å². The first kappa shape index (κ1) is 73.6. The van der Waals surface area contributed by atoms with Gasteiger partial charge in [0, 0.05) is 60.3 Å². The Morgan fingerprint density at radius 3 is 0.932 bits per heavy atom. The van der Waals surface area contributed by atoms with Crippen molar-refractivity contribution < 1.29 is 95.6 Å². The highest BCUT2D eigenvalue weighted by atomic mass is 16.6. The molecule has 494 valence electrons. The van der Waals surface area contributed by atoms with Gasteiger partial charge >= 0.3 is 11.9 Å². The Hall–Kier alpha value is -5.10. The SMILES string of the molecule is COCCOCCOCCOCCOCCOCCOCCOC(C)c1c(C)c2cc3[nH]c(cc4nc(cc5nc(cc1[nH]2)C(C)=C5CCC(=O)O)C(CCC(=O)O)=C4C)c(C)c3C(C)OCCOCCOCCOCCOCCOCCOCCOC. The average molecular weight is 1240 g/mol. The van der Waals surface area contributed by atoms with E-state index in [9.17, 15) is 19.8 Å². The van der Waals surface area contributed by atoms with Crippen LogP contribution in [0.25, 0.3) is 44.4 Å². The summed E-state index contributed by atoms with van der Waals surface area (Å²) in [6, 6.07) is 7.92. The van der Waals surface area contributed by atoms with Crippen LogP contribution in [0.15, 0.2) is 24.3 Å². The van der Waals surface area contributed by atoms with Gasteiger partial charge in [0.25, 0.3) is 0 Å². The van der Waals surface area contributed by atoms with Crippen molar-refractivity contribution in [3.63, 3.8) is 0 Å². The summed E-state index contributed by atoms with van der Waals surface area (Å²) in [7, 11) is 3.28. The molecule has 2 unspecified atom stereocenters. The number of H-pyrrole nitrogens is 2. The number of aliphatic carboxylic acids is 2. The summed E-state index contributed by atoms with van der Waals surface area (Å²) in [5.41, 5.74) is 12.7. The highest BCUT2D eigenvalue weighted by molar-refractivity contribution is 5.96. The molecule has 2 atom stereocenters. The van der Waals surface area contributed by atoms with Crippen LogP contribution in [-0.4, -0.2) is 241 Å². The van der Waals surface area contributed by atoms with Crippen LogP contribution in [0.1, 0.15) is 111 Å². The molecule has 0 aliphatic carbocycles. The first-order valence-corrected chi connectivity index (χ1v) is 30.6. The van der Waals surface area contributed by atoms with E-state index in [0.717, 1.165) is 66.6 Å². The monoisotopic (exact) mass is 1240 g/mol. The summed E-state index contributed by atoms with van der Waals surface area (Å²) < 4.78 is 90.1. The summed E-state index contributed by atoms with van der Waals surface area (Å²) in [6.45, 7) is 24.7. The standard InChI is InChI=1S/C64H98N4O20/c1-45-51(9-11-61(69)70)57-44-58-52(10-12-62(71)72)46(2)54(66-58)42-59-64(50(6)88-40-38-86-36-34-84-32-30-82-28-26-80-24-22-78-20-18-76-16-14-74-8)48(4)56(68-59)43-60-63(47(3)55(67-60)41-53(45)65-57)49(5)87-39-37-85-35-33-83-31-29-81-27-25-79-23-21-77-19-17-75-15-13-73-7/h41-44,49-50,67-68H,9-40H2,1-8H3,(H,69,70)(H,71,72). The van der Waals surface area contributed by atoms with Crippen LogP contribution >= 0.6 is 0 Å². The van der Waals surface area contributed by atoms with Crippen LogP contribution in [0, 0.1) is 13.8 Å². The predicted octanol–water partition coefficient (Wildman–Crippen LogP) is 8.17. The van der Waals surface area contributed by atoms with Crippen molar-refractivity contribution in [3.05, 3.63) is 69.3 Å². The number of allylic oxidation sites excluding steroid dienone is 4. The van der Waals surface area contributed by atoms with Crippen molar-refractivity contribution in [1.29, 1.82) is 0 Å². The quantitative estimate of drug-likeness (QED) is 0.0388. The number of carbonyl (C=O) groups is 2. The van der Waals surface area contributed by atoms with Gasteiger partial charge in [0.05, 0.1) is 220 Å². The Labute approximate surface area is 518 Å². The molecule has 5 rings (SSSR count). The molecule has 24 nitrogen and oxygen atoms in total. The lowest BCUT2D eigenvalue weighted by Crippen LogP contribution is -2.15. The second-order valence-corrected chi connectivity index (χ2v) is 20.7. The largest absolute Gasteiger partial charge is 0.481 e. The van der Waals surface area contributed by atoms with E-state index in [1.54, 1.807) is 14.2 Å². The lowest BCUT2D eigenvalue weighted by Gasteiger charge is -2.15. The molecule has 88 heavy (non-hydrogen) atoms. The molecule has 24 heteroatoms. The van der Waals surface area contributed by atoms with E-state index in [-0.39, 0.29) is 31.8 Å². The first-order chi connectivity index (χ1) is 42.8. The molecule has 8 bridgehead atoms. The van der Waals surface area contributed by atoms with Gasteiger partial charge in [-0.25, -0.2) is 9.97 Å². The third kappa shape index (κ3) is 26.8. The van der Waals surface area contributed by atoms with Crippen LogP contribution in [-0.2, 0) is 85.4 Å². The van der Waals surface area contributed by atoms with Crippen LogP contribution < -0.4 is 0 Å². The van der Waals surface area contributed by atoms with E-state index in [1.165, 1.54) is 0 Å². The second-order valence-electron chi connectivity index (χ2n) is 20.7. The maximum absolute atomic E-state index is 12.0. The molecule has 0 aromatic carbocycles. The number of carboxylic acid groups (broad SMARTS) is 2. The smallest absolute Gasteiger partial charge is 0.303 e. The molecule has 0 spiro atoms. The molecule has 2 aliphatic rings. The molecule has 2 aliphatic heterocycles. The third-order valence-corrected chi connectivity index (χ3v) is 14.4. The Kier molecular flexibility index (Phi) is 36.5. The minimum absolute atomic E-state index is 0.101. The van der Waals surface area contributed by atoms with Crippen molar-refractivity contribution >= 4 is 56.3 Å². The van der Waals surface area contributed by atoms with E-state index in [2.05, 4.69) is 23.0 Å². The van der Waals surface area contributed by atoms with Gasteiger partial charge < -0.3 is 96.0 Å². The molecule has 4 N–H and O–H groups in total. The number of aromatic nitrogens is 4. The zero-order valence-corrected chi connectivity index (χ0v) is 53.2. The average Bonchev–Trinajstić information content (AvgIpc) is 1.79. The maximum Gasteiger partial charge on any atom is 0.303 e. The zero-order valence-electron chi connectivity index (χ0n) is 53.2. The fourth-order valence-corrected chi connectivity index (χ4v) is 9.71. The van der Waals surface area contributed by atoms with Gasteiger partial charge in [-0.1, -0.05) is 0 Å². The van der Waals surface area contributed by atoms with Gasteiger partial charge in [-0.05, 0) is 112 Å². The molecular weight excluding hydrogens is 1140 g/mol. The van der Waals surface area contributed by atoms with Gasteiger partial charge in [0.2, 0.25) is 0 Å². The lowest BCUT2D eigenvalue weighted by molar-refractivity contribution is -0.137. The number of nitrogens with one attached hydrogen (secondary N) is 2. The summed E-state index contributed by atoms with van der Waals surface area (Å²) >= 11 is 0. The first-order valence-electron chi connectivity index (χ1n) is 30.6. The normalized spacial score (nSPS) is 13.4. The number of carboxylic acids is 2. The third-order valence-electron chi connectivity index (χ3n) is 14.4. The molecule has 0 saturated heterocycles. The highest BCUT2D eigenvalue weighted by Gasteiger charge is 2.25. The summed E-state index contributed by atoms with van der Waals surface area (Å²) in [5, 5.41) is 19.6. The van der Waals surface area contributed by atoms with Crippen molar-refractivity contribution in [2.45, 2.75) is 79.4 Å². The van der Waals surface area contributed by atoms with Gasteiger partial charge in [-0.2, -0.15) is 0 Å². The molecule has 3 aromatic rings. The fraction of sp³-hybridized carbons (Fsp3) is 0.656. The number of rotatable bonds is 52. The molecule has 0 radical (unpaired) electrons. The number of ether oxygens (including phenoxy) is 16. The predicted molar refractivity (Wildman–Crippen MR) is 332 cm³/mol. The number of methoxy groups -OCH3 is 2. The second kappa shape index (κ2) is 43.6. The van der Waals surface area contributed by atoms with Crippen molar-refractivity contribution in [1.82, 2.24) is 19.9 Å². The number of nitrogens with zero attached hydrogens (tertiary/aromatic N) is 2. The zero-order chi connectivity index (χ0) is 63.1. The van der Waals surface area contributed by atoms with E-state index in [1.807, 2.05) is 52.8 Å². The van der Waals surface area contributed by atoms with E-state index in [0.29, 0.717) is 208 Å². The summed E-state index contributed by atoms with van der Waals surface area (Å²) in [5.74, 6) is -1.86. The maximum atomic E-state index is 12.0. The Bertz CT molecular complexity index is 2750. The molecule has 5 heterocycles. The Balaban J connectivity index is 1.23. The van der Waals surface area contributed by atoms with E-state index in [4.69, 9.17) is 85.8 Å². The number of aryl methyl sites for hydroxylation is 2. The van der Waals surface area contributed by atoms with Crippen LogP contribution in [0.5, 0.6) is 0 Å². The molecule has 0 saturated carbocycles. The van der Waals surface area contributed by atoms with Crippen molar-refractivity contribution in [3.8, 4) is 0 Å². The highest BCUT2D eigenvalue weighted by Crippen LogP contribution is 2.39. The number of aromatic amines is 2. The summed E-state index contributed by atoms with van der Waals surface area (Å²) in [6.07, 6.45) is -0.503. The minimum atomic E-state index is -0.930. The number of fused-ring (bicyclic) bond motifs is 8. The Morgan fingerprint density at radius 1 is 0.375 bits per heavy atom. The number of hydrogen-bond acceptors (Lipinski definition) is 20. The fourth-order valence-electron chi connectivity index (χ4n) is 9.71. The van der Waals surface area contributed by atoms with Gasteiger partial charge in [-0.15, -0.1) is 0 Å². The number of hydrogen-bond donors (Lipinski definition) is 4. The van der Waals surface area contributed by atoms with Crippen molar-refractivity contribution in [2.75, 3.05) is 199 Å². The molecule has 0 amide bonds. The molecular formula is C64H98N4O20. The molecule has 3 aromatic heterocycles. The van der Waals surface area contributed by atoms with Crippen LogP contribution in [0.3, 0.4) is 0 Å². The minimum Gasteiger partial charge on any atom is -0.481 e. The van der Waals surface area contributed by atoms with Crippen molar-refractivity contribution in [2.24, 2.45) is 0 Å². The topological polar surface area (TPSA) is 280 Å². The lowest BCUT2D eigenvalue weighted by atomic mass is 9.98. The van der Waals surface area contributed by atoms with Gasteiger partial charge in [-0.3, -0.25) is 9.59 Å². The Morgan fingerprint density at radius 2 is 0.636 bits per heavy atom. The molecule has 0 fully saturated rings. The summed E-state index contributed by atoms with van der Waals surface area (Å²) in [4.78, 5) is 41.6. The van der Waals surface area contributed by atoms with E-state index >= 15 is 0 Å². The van der Waals surface area contributed by atoms with Crippen LogP contribution in [0.2, 0.25) is 0 Å². The van der Waals surface area contributed by atoms with Gasteiger partial charge in [0.15, 0.2) is 0 Å².